The van der Waals surface area contributed by atoms with Gasteiger partial charge in [-0.25, -0.2) is 9.37 Å². The van der Waals surface area contributed by atoms with E-state index in [1.54, 1.807) is 47.4 Å². The van der Waals surface area contributed by atoms with Crippen LogP contribution in [-0.4, -0.2) is 27.3 Å². The lowest BCUT2D eigenvalue weighted by Gasteiger charge is -2.22. The Bertz CT molecular complexity index is 1350. The van der Waals surface area contributed by atoms with Crippen LogP contribution < -0.4 is 0 Å². The van der Waals surface area contributed by atoms with E-state index < -0.39 is 4.92 Å². The highest BCUT2D eigenvalue weighted by atomic mass is 19.1. The Labute approximate surface area is 182 Å². The molecule has 4 aromatic rings. The van der Waals surface area contributed by atoms with Crippen LogP contribution in [0.2, 0.25) is 0 Å². The number of fused-ring (bicyclic) bond motifs is 1. The van der Waals surface area contributed by atoms with Gasteiger partial charge in [0, 0.05) is 29.8 Å². The summed E-state index contributed by atoms with van der Waals surface area (Å²) in [5.41, 5.74) is 2.41. The van der Waals surface area contributed by atoms with E-state index in [-0.39, 0.29) is 29.0 Å². The molecule has 5 rings (SSSR count). The molecule has 1 aromatic heterocycles. The zero-order valence-corrected chi connectivity index (χ0v) is 16.9. The number of halogens is 1. The van der Waals surface area contributed by atoms with Crippen LogP contribution in [0.3, 0.4) is 0 Å². The molecule has 3 aromatic carbocycles. The Morgan fingerprint density at radius 2 is 1.97 bits per heavy atom. The molecule has 1 amide bonds. The van der Waals surface area contributed by atoms with Gasteiger partial charge in [0.25, 0.3) is 11.6 Å². The second kappa shape index (κ2) is 7.88. The van der Waals surface area contributed by atoms with Crippen molar-refractivity contribution < 1.29 is 18.5 Å². The van der Waals surface area contributed by atoms with Gasteiger partial charge < -0.3 is 9.32 Å². The lowest BCUT2D eigenvalue weighted by molar-refractivity contribution is -0.384. The number of amides is 1. The molecule has 0 spiro atoms. The molecule has 1 unspecified atom stereocenters. The molecule has 32 heavy (non-hydrogen) atoms. The molecule has 1 aliphatic rings. The fraction of sp³-hybridized carbons (Fsp3) is 0.167. The molecule has 1 atom stereocenters. The molecule has 1 saturated heterocycles. The van der Waals surface area contributed by atoms with Crippen LogP contribution in [0.25, 0.3) is 22.2 Å². The number of likely N-dealkylation sites (tertiary alicyclic amines) is 1. The van der Waals surface area contributed by atoms with E-state index in [9.17, 15) is 19.3 Å². The van der Waals surface area contributed by atoms with Crippen molar-refractivity contribution in [2.45, 2.75) is 18.9 Å². The minimum Gasteiger partial charge on any atom is -0.438 e. The van der Waals surface area contributed by atoms with Gasteiger partial charge >= 0.3 is 0 Å². The van der Waals surface area contributed by atoms with E-state index in [4.69, 9.17) is 4.42 Å². The number of carbonyl (C=O) groups is 1. The summed E-state index contributed by atoms with van der Waals surface area (Å²) >= 11 is 0. The molecule has 0 aliphatic carbocycles. The number of benzene rings is 3. The first-order valence-electron chi connectivity index (χ1n) is 10.2. The monoisotopic (exact) mass is 431 g/mol. The molecule has 8 heteroatoms. The van der Waals surface area contributed by atoms with Crippen LogP contribution in [0.4, 0.5) is 10.1 Å². The summed E-state index contributed by atoms with van der Waals surface area (Å²) in [6.07, 6.45) is 1.44. The smallest absolute Gasteiger partial charge is 0.270 e. The highest BCUT2D eigenvalue weighted by Gasteiger charge is 2.34. The molecule has 0 radical (unpaired) electrons. The molecule has 0 N–H and O–H groups in total. The number of rotatable bonds is 4. The number of nitro benzene ring substituents is 1. The van der Waals surface area contributed by atoms with E-state index >= 15 is 0 Å². The highest BCUT2D eigenvalue weighted by Crippen LogP contribution is 2.35. The third kappa shape index (κ3) is 3.49. The minimum atomic E-state index is -0.522. The molecule has 160 valence electrons. The van der Waals surface area contributed by atoms with Crippen LogP contribution in [0, 0.1) is 15.9 Å². The summed E-state index contributed by atoms with van der Waals surface area (Å²) in [6.45, 7) is 0.505. The number of hydrogen-bond donors (Lipinski definition) is 0. The SMILES string of the molecule is O=C(c1cccc([N+](=O)[O-])c1)N1CCCC1c1nc2cc(-c3ccccc3F)ccc2o1. The van der Waals surface area contributed by atoms with Crippen LogP contribution in [0.5, 0.6) is 0 Å². The van der Waals surface area contributed by atoms with Crippen LogP contribution in [0.1, 0.15) is 35.1 Å². The summed E-state index contributed by atoms with van der Waals surface area (Å²) in [6, 6.07) is 17.1. The maximum atomic E-state index is 14.2. The Kier molecular flexibility index (Phi) is 4.89. The van der Waals surface area contributed by atoms with Gasteiger partial charge in [-0.05, 0) is 42.7 Å². The number of oxazole rings is 1. The highest BCUT2D eigenvalue weighted by molar-refractivity contribution is 5.95. The maximum Gasteiger partial charge on any atom is 0.270 e. The summed E-state index contributed by atoms with van der Waals surface area (Å²) in [4.78, 5) is 29.9. The third-order valence-corrected chi connectivity index (χ3v) is 5.69. The van der Waals surface area contributed by atoms with Crippen molar-refractivity contribution in [3.63, 3.8) is 0 Å². The zero-order chi connectivity index (χ0) is 22.2. The Hall–Kier alpha value is -4.07. The standard InChI is InChI=1S/C24H18FN3O4/c25-19-8-2-1-7-18(19)15-10-11-22-20(14-15)26-23(32-22)21-9-4-12-27(21)24(29)16-5-3-6-17(13-16)28(30)31/h1-3,5-8,10-11,13-14,21H,4,9,12H2. The maximum absolute atomic E-state index is 14.2. The van der Waals surface area contributed by atoms with Gasteiger partial charge in [0.1, 0.15) is 17.4 Å². The predicted octanol–water partition coefficient (Wildman–Crippen LogP) is 5.52. The van der Waals surface area contributed by atoms with Crippen molar-refractivity contribution in [2.24, 2.45) is 0 Å². The van der Waals surface area contributed by atoms with E-state index in [0.717, 1.165) is 6.42 Å². The van der Waals surface area contributed by atoms with E-state index in [1.165, 1.54) is 24.3 Å². The van der Waals surface area contributed by atoms with Gasteiger partial charge in [0.2, 0.25) is 5.89 Å². The van der Waals surface area contributed by atoms with Gasteiger partial charge in [0.15, 0.2) is 5.58 Å². The molecule has 1 aliphatic heterocycles. The zero-order valence-electron chi connectivity index (χ0n) is 16.9. The van der Waals surface area contributed by atoms with Crippen molar-refractivity contribution >= 4 is 22.7 Å². The summed E-state index contributed by atoms with van der Waals surface area (Å²) < 4.78 is 20.1. The van der Waals surface area contributed by atoms with Crippen molar-refractivity contribution in [3.8, 4) is 11.1 Å². The third-order valence-electron chi connectivity index (χ3n) is 5.69. The van der Waals surface area contributed by atoms with Gasteiger partial charge in [-0.3, -0.25) is 14.9 Å². The van der Waals surface area contributed by atoms with Gasteiger partial charge in [0.05, 0.1) is 4.92 Å². The number of aromatic nitrogens is 1. The van der Waals surface area contributed by atoms with Gasteiger partial charge in [-0.2, -0.15) is 0 Å². The van der Waals surface area contributed by atoms with Crippen molar-refractivity contribution in [3.05, 3.63) is 94.1 Å². The van der Waals surface area contributed by atoms with Crippen LogP contribution >= 0.6 is 0 Å². The Morgan fingerprint density at radius 1 is 1.12 bits per heavy atom. The second-order valence-corrected chi connectivity index (χ2v) is 7.68. The topological polar surface area (TPSA) is 89.5 Å². The summed E-state index contributed by atoms with van der Waals surface area (Å²) in [5.74, 6) is -0.215. The number of non-ortho nitro benzene ring substituents is 1. The minimum absolute atomic E-state index is 0.130. The van der Waals surface area contributed by atoms with Crippen LogP contribution in [-0.2, 0) is 0 Å². The molecular weight excluding hydrogens is 413 g/mol. The van der Waals surface area contributed by atoms with Crippen molar-refractivity contribution in [1.29, 1.82) is 0 Å². The molecule has 0 saturated carbocycles. The predicted molar refractivity (Wildman–Crippen MR) is 116 cm³/mol. The first-order valence-corrected chi connectivity index (χ1v) is 10.2. The largest absolute Gasteiger partial charge is 0.438 e. The van der Waals surface area contributed by atoms with Crippen molar-refractivity contribution in [1.82, 2.24) is 9.88 Å². The first kappa shape index (κ1) is 19.9. The Balaban J connectivity index is 1.46. The normalized spacial score (nSPS) is 15.9. The fourth-order valence-electron chi connectivity index (χ4n) is 4.14. The van der Waals surface area contributed by atoms with Crippen molar-refractivity contribution in [2.75, 3.05) is 6.54 Å². The quantitative estimate of drug-likeness (QED) is 0.314. The molecule has 1 fully saturated rings. The number of nitrogens with zero attached hydrogens (tertiary/aromatic N) is 3. The molecular formula is C24H18FN3O4. The number of hydrogen-bond acceptors (Lipinski definition) is 5. The summed E-state index contributed by atoms with van der Waals surface area (Å²) in [5, 5.41) is 11.1. The lowest BCUT2D eigenvalue weighted by atomic mass is 10.0. The van der Waals surface area contributed by atoms with E-state index in [2.05, 4.69) is 4.98 Å². The van der Waals surface area contributed by atoms with Crippen LogP contribution in [0.15, 0.2) is 71.1 Å². The lowest BCUT2D eigenvalue weighted by Crippen LogP contribution is -2.30. The number of nitro groups is 1. The fourth-order valence-corrected chi connectivity index (χ4v) is 4.14. The van der Waals surface area contributed by atoms with Gasteiger partial charge in [-0.1, -0.05) is 30.3 Å². The summed E-state index contributed by atoms with van der Waals surface area (Å²) in [7, 11) is 0. The second-order valence-electron chi connectivity index (χ2n) is 7.68. The molecule has 2 heterocycles. The van der Waals surface area contributed by atoms with E-state index in [1.807, 2.05) is 0 Å². The van der Waals surface area contributed by atoms with E-state index in [0.29, 0.717) is 41.1 Å². The molecule has 0 bridgehead atoms. The first-order chi connectivity index (χ1) is 15.5. The average Bonchev–Trinajstić information content (AvgIpc) is 3.45. The average molecular weight is 431 g/mol. The number of carbonyl (C=O) groups excluding carboxylic acids is 1. The molecule has 7 nitrogen and oxygen atoms in total. The van der Waals surface area contributed by atoms with Gasteiger partial charge in [-0.15, -0.1) is 0 Å². The Morgan fingerprint density at radius 3 is 2.78 bits per heavy atom.